The van der Waals surface area contributed by atoms with Gasteiger partial charge >= 0.3 is 0 Å². The summed E-state index contributed by atoms with van der Waals surface area (Å²) in [5.74, 6) is 2.17. The molecule has 2 aromatic carbocycles. The molecule has 3 aromatic rings. The molecule has 11 heteroatoms. The van der Waals surface area contributed by atoms with E-state index in [4.69, 9.17) is 14.6 Å². The second-order valence-electron chi connectivity index (χ2n) is 7.88. The number of hydrogen-bond donors (Lipinski definition) is 0. The summed E-state index contributed by atoms with van der Waals surface area (Å²) in [4.78, 5) is 11.0. The van der Waals surface area contributed by atoms with Gasteiger partial charge in [-0.1, -0.05) is 11.3 Å². The van der Waals surface area contributed by atoms with Gasteiger partial charge in [0, 0.05) is 28.5 Å². The lowest BCUT2D eigenvalue weighted by Gasteiger charge is -2.21. The van der Waals surface area contributed by atoms with Crippen LogP contribution in [-0.2, 0) is 12.2 Å². The Morgan fingerprint density at radius 3 is 2.76 bits per heavy atom. The van der Waals surface area contributed by atoms with Crippen molar-refractivity contribution >= 4 is 39.6 Å². The molecule has 0 amide bonds. The topological polar surface area (TPSA) is 103 Å². The molecule has 0 unspecified atom stereocenters. The van der Waals surface area contributed by atoms with Crippen LogP contribution in [0.5, 0.6) is 11.5 Å². The van der Waals surface area contributed by atoms with Crippen LogP contribution in [0.2, 0.25) is 0 Å². The third-order valence-corrected chi connectivity index (χ3v) is 7.24. The zero-order chi connectivity index (χ0) is 23.1. The Bertz CT molecular complexity index is 1280. The van der Waals surface area contributed by atoms with E-state index in [1.807, 2.05) is 23.4 Å². The van der Waals surface area contributed by atoms with Crippen LogP contribution in [0.1, 0.15) is 34.2 Å². The van der Waals surface area contributed by atoms with Gasteiger partial charge in [0.25, 0.3) is 5.69 Å². The second-order valence-corrected chi connectivity index (χ2v) is 9.79. The molecule has 0 saturated carbocycles. The number of aromatic nitrogens is 2. The van der Waals surface area contributed by atoms with E-state index in [1.165, 1.54) is 17.4 Å². The van der Waals surface area contributed by atoms with E-state index in [0.29, 0.717) is 29.2 Å². The van der Waals surface area contributed by atoms with Gasteiger partial charge in [-0.05, 0) is 56.4 Å². The minimum atomic E-state index is -0.372. The molecule has 1 aromatic heterocycles. The van der Waals surface area contributed by atoms with Crippen LogP contribution in [-0.4, -0.2) is 39.9 Å². The highest BCUT2D eigenvalue weighted by molar-refractivity contribution is 7.97. The molecule has 0 spiro atoms. The van der Waals surface area contributed by atoms with E-state index in [0.717, 1.165) is 32.6 Å². The van der Waals surface area contributed by atoms with Crippen LogP contribution < -0.4 is 14.5 Å². The standard InChI is InChI=1S/C22H21N5O4S2/c1-12-6-14(4-5-17(12)27(28)29)21-16-9-19-18(30-11-31-19)8-15(16)7-13(2)26(25-21)22-24-23-20(33-22)10-32-3/h4-6,8-9,13H,7,10-11H2,1-3H3/t13-/m1/s1. The average molecular weight is 484 g/mol. The SMILES string of the molecule is CSCc1nnc(N2N=C(c3ccc([N+](=O)[O-])c(C)c3)c3cc4c(cc3C[C@H]2C)OCO4)s1. The molecule has 170 valence electrons. The molecule has 33 heavy (non-hydrogen) atoms. The first kappa shape index (κ1) is 21.7. The molecule has 0 saturated heterocycles. The number of hydrazone groups is 1. The summed E-state index contributed by atoms with van der Waals surface area (Å²) in [6, 6.07) is 9.04. The van der Waals surface area contributed by atoms with E-state index in [1.54, 1.807) is 30.8 Å². The number of benzene rings is 2. The lowest BCUT2D eigenvalue weighted by molar-refractivity contribution is -0.385. The van der Waals surface area contributed by atoms with Gasteiger partial charge in [0.1, 0.15) is 5.01 Å². The summed E-state index contributed by atoms with van der Waals surface area (Å²) in [7, 11) is 0. The number of aryl methyl sites for hydroxylation is 1. The molecular formula is C22H21N5O4S2. The number of fused-ring (bicyclic) bond motifs is 2. The third kappa shape index (κ3) is 4.02. The number of nitro groups is 1. The van der Waals surface area contributed by atoms with E-state index < -0.39 is 0 Å². The van der Waals surface area contributed by atoms with Gasteiger partial charge in [0.15, 0.2) is 11.5 Å². The quantitative estimate of drug-likeness (QED) is 0.385. The van der Waals surface area contributed by atoms with Gasteiger partial charge in [0.05, 0.1) is 16.7 Å². The van der Waals surface area contributed by atoms with Gasteiger partial charge in [-0.15, -0.1) is 10.2 Å². The number of anilines is 1. The predicted octanol–water partition coefficient (Wildman–Crippen LogP) is 4.55. The highest BCUT2D eigenvalue weighted by Gasteiger charge is 2.29. The number of rotatable bonds is 5. The van der Waals surface area contributed by atoms with Gasteiger partial charge in [-0.25, -0.2) is 5.01 Å². The van der Waals surface area contributed by atoms with Crippen molar-refractivity contribution in [1.29, 1.82) is 0 Å². The number of hydrogen-bond acceptors (Lipinski definition) is 10. The Labute approximate surface area is 198 Å². The fourth-order valence-corrected chi connectivity index (χ4v) is 5.59. The Kier molecular flexibility index (Phi) is 5.67. The minimum Gasteiger partial charge on any atom is -0.454 e. The van der Waals surface area contributed by atoms with Gasteiger partial charge < -0.3 is 9.47 Å². The van der Waals surface area contributed by atoms with E-state index >= 15 is 0 Å². The van der Waals surface area contributed by atoms with E-state index in [9.17, 15) is 10.1 Å². The monoisotopic (exact) mass is 483 g/mol. The minimum absolute atomic E-state index is 0.0100. The van der Waals surface area contributed by atoms with Crippen molar-refractivity contribution in [2.24, 2.45) is 5.10 Å². The van der Waals surface area contributed by atoms with Crippen molar-refractivity contribution in [3.05, 3.63) is 67.7 Å². The maximum Gasteiger partial charge on any atom is 0.272 e. The van der Waals surface area contributed by atoms with Crippen LogP contribution in [0.25, 0.3) is 0 Å². The third-order valence-electron chi connectivity index (χ3n) is 5.58. The van der Waals surface area contributed by atoms with Crippen LogP contribution in [0.4, 0.5) is 10.8 Å². The second kappa shape index (κ2) is 8.64. The largest absolute Gasteiger partial charge is 0.454 e. The summed E-state index contributed by atoms with van der Waals surface area (Å²) < 4.78 is 11.2. The van der Waals surface area contributed by atoms with Crippen molar-refractivity contribution in [2.45, 2.75) is 32.1 Å². The zero-order valence-corrected chi connectivity index (χ0v) is 19.9. The molecule has 0 bridgehead atoms. The first-order chi connectivity index (χ1) is 15.9. The molecule has 0 fully saturated rings. The molecule has 0 radical (unpaired) electrons. The highest BCUT2D eigenvalue weighted by atomic mass is 32.2. The summed E-state index contributed by atoms with van der Waals surface area (Å²) in [5.41, 5.74) is 4.12. The average Bonchev–Trinajstić information content (AvgIpc) is 3.40. The number of nitrogens with zero attached hydrogens (tertiary/aromatic N) is 5. The molecule has 3 heterocycles. The van der Waals surface area contributed by atoms with Crippen molar-refractivity contribution in [3.63, 3.8) is 0 Å². The number of thioether (sulfide) groups is 1. The maximum absolute atomic E-state index is 11.3. The molecule has 0 N–H and O–H groups in total. The molecule has 1 atom stereocenters. The Hall–Kier alpha value is -3.18. The Balaban J connectivity index is 1.67. The first-order valence-electron chi connectivity index (χ1n) is 10.3. The first-order valence-corrected chi connectivity index (χ1v) is 12.5. The van der Waals surface area contributed by atoms with Gasteiger partial charge in [0.2, 0.25) is 11.9 Å². The maximum atomic E-state index is 11.3. The molecular weight excluding hydrogens is 462 g/mol. The van der Waals surface area contributed by atoms with Crippen LogP contribution >= 0.6 is 23.1 Å². The smallest absolute Gasteiger partial charge is 0.272 e. The van der Waals surface area contributed by atoms with Crippen LogP contribution in [0.15, 0.2) is 35.4 Å². The molecule has 2 aliphatic heterocycles. The van der Waals surface area contributed by atoms with Crippen LogP contribution in [0.3, 0.4) is 0 Å². The summed E-state index contributed by atoms with van der Waals surface area (Å²) in [5, 5.41) is 28.7. The van der Waals surface area contributed by atoms with E-state index in [-0.39, 0.29) is 23.4 Å². The molecule has 5 rings (SSSR count). The summed E-state index contributed by atoms with van der Waals surface area (Å²) in [6.07, 6.45) is 2.74. The molecule has 0 aliphatic carbocycles. The summed E-state index contributed by atoms with van der Waals surface area (Å²) >= 11 is 3.22. The number of ether oxygens (including phenoxy) is 2. The zero-order valence-electron chi connectivity index (χ0n) is 18.3. The van der Waals surface area contributed by atoms with E-state index in [2.05, 4.69) is 17.1 Å². The van der Waals surface area contributed by atoms with Crippen molar-refractivity contribution in [2.75, 3.05) is 18.1 Å². The lowest BCUT2D eigenvalue weighted by atomic mass is 9.93. The van der Waals surface area contributed by atoms with Crippen LogP contribution in [0, 0.1) is 17.0 Å². The highest BCUT2D eigenvalue weighted by Crippen LogP contribution is 2.39. The number of nitro benzene ring substituents is 1. The van der Waals surface area contributed by atoms with Gasteiger partial charge in [-0.3, -0.25) is 10.1 Å². The van der Waals surface area contributed by atoms with Crippen molar-refractivity contribution < 1.29 is 14.4 Å². The Morgan fingerprint density at radius 2 is 2.03 bits per heavy atom. The normalized spacial score (nSPS) is 16.9. The van der Waals surface area contributed by atoms with Crippen molar-refractivity contribution in [3.8, 4) is 11.5 Å². The van der Waals surface area contributed by atoms with Gasteiger partial charge in [-0.2, -0.15) is 16.9 Å². The van der Waals surface area contributed by atoms with Crippen molar-refractivity contribution in [1.82, 2.24) is 10.2 Å². The lowest BCUT2D eigenvalue weighted by Crippen LogP contribution is -2.29. The molecule has 9 nitrogen and oxygen atoms in total. The predicted molar refractivity (Wildman–Crippen MR) is 129 cm³/mol. The Morgan fingerprint density at radius 1 is 1.24 bits per heavy atom. The summed E-state index contributed by atoms with van der Waals surface area (Å²) in [6.45, 7) is 4.02. The fourth-order valence-electron chi connectivity index (χ4n) is 4.01. The fraction of sp³-hybridized carbons (Fsp3) is 0.318. The molecule has 2 aliphatic rings.